The summed E-state index contributed by atoms with van der Waals surface area (Å²) in [5.41, 5.74) is -0.558. The maximum absolute atomic E-state index is 12.9. The number of aliphatic hydroxyl groups excluding tert-OH is 1. The van der Waals surface area contributed by atoms with Gasteiger partial charge in [0.15, 0.2) is 0 Å². The van der Waals surface area contributed by atoms with E-state index in [1.165, 1.54) is 18.2 Å². The fraction of sp³-hybridized carbons (Fsp3) is 0.455. The normalized spacial score (nSPS) is 12.5. The third kappa shape index (κ3) is 4.70. The monoisotopic (exact) mass is 261 g/mol. The van der Waals surface area contributed by atoms with Gasteiger partial charge in [-0.15, -0.1) is 0 Å². The molecule has 0 saturated carbocycles. The lowest BCUT2D eigenvalue weighted by molar-refractivity contribution is 0.179. The van der Waals surface area contributed by atoms with Crippen molar-refractivity contribution in [3.63, 3.8) is 0 Å². The Labute approximate surface area is 101 Å². The van der Waals surface area contributed by atoms with Crippen molar-refractivity contribution >= 4 is 15.7 Å². The molecule has 0 unspecified atom stereocenters. The summed E-state index contributed by atoms with van der Waals surface area (Å²) in [7, 11) is -3.60. The number of hydrogen-bond acceptors (Lipinski definition) is 3. The van der Waals surface area contributed by atoms with Crippen LogP contribution in [-0.4, -0.2) is 25.9 Å². The molecule has 0 amide bonds. The molecule has 1 aromatic rings. The second-order valence-electron chi connectivity index (χ2n) is 4.69. The van der Waals surface area contributed by atoms with Gasteiger partial charge < -0.3 is 5.11 Å². The molecule has 1 aromatic carbocycles. The van der Waals surface area contributed by atoms with Crippen molar-refractivity contribution in [3.8, 4) is 0 Å². The highest BCUT2D eigenvalue weighted by atomic mass is 32.2. The van der Waals surface area contributed by atoms with E-state index >= 15 is 0 Å². The number of anilines is 1. The number of nitrogens with one attached hydrogen (secondary N) is 1. The molecule has 0 saturated heterocycles. The van der Waals surface area contributed by atoms with E-state index in [0.29, 0.717) is 0 Å². The lowest BCUT2D eigenvalue weighted by Gasteiger charge is -2.21. The van der Waals surface area contributed by atoms with Crippen molar-refractivity contribution in [2.24, 2.45) is 5.41 Å². The van der Waals surface area contributed by atoms with Crippen LogP contribution in [0.1, 0.15) is 13.8 Å². The Kier molecular flexibility index (Phi) is 4.11. The van der Waals surface area contributed by atoms with Gasteiger partial charge in [-0.1, -0.05) is 19.9 Å². The van der Waals surface area contributed by atoms with Crippen LogP contribution in [0.4, 0.5) is 10.1 Å². The van der Waals surface area contributed by atoms with Crippen molar-refractivity contribution in [3.05, 3.63) is 30.1 Å². The van der Waals surface area contributed by atoms with Crippen LogP contribution in [-0.2, 0) is 10.0 Å². The molecule has 0 spiro atoms. The predicted octanol–water partition coefficient (Wildman–Crippen LogP) is 1.59. The summed E-state index contributed by atoms with van der Waals surface area (Å²) in [4.78, 5) is 0. The van der Waals surface area contributed by atoms with Crippen molar-refractivity contribution in [1.29, 1.82) is 0 Å². The second kappa shape index (κ2) is 5.01. The zero-order valence-electron chi connectivity index (χ0n) is 9.77. The van der Waals surface area contributed by atoms with Crippen LogP contribution in [0, 0.1) is 11.2 Å². The van der Waals surface area contributed by atoms with E-state index in [1.807, 2.05) is 0 Å². The van der Waals surface area contributed by atoms with Gasteiger partial charge in [0.1, 0.15) is 5.82 Å². The molecule has 0 bridgehead atoms. The molecule has 4 nitrogen and oxygen atoms in total. The van der Waals surface area contributed by atoms with Crippen molar-refractivity contribution in [2.45, 2.75) is 13.8 Å². The van der Waals surface area contributed by atoms with Gasteiger partial charge in [0.2, 0.25) is 10.0 Å². The first-order chi connectivity index (χ1) is 7.74. The van der Waals surface area contributed by atoms with Crippen LogP contribution in [0.3, 0.4) is 0 Å². The third-order valence-corrected chi connectivity index (χ3v) is 3.81. The zero-order chi connectivity index (χ0) is 13.1. The molecule has 17 heavy (non-hydrogen) atoms. The first-order valence-electron chi connectivity index (χ1n) is 5.11. The minimum Gasteiger partial charge on any atom is -0.396 e. The molecule has 1 rings (SSSR count). The summed E-state index contributed by atoms with van der Waals surface area (Å²) in [6, 6.07) is 5.22. The lowest BCUT2D eigenvalue weighted by atomic mass is 9.98. The molecule has 0 aliphatic rings. The van der Waals surface area contributed by atoms with Crippen LogP contribution < -0.4 is 4.72 Å². The van der Waals surface area contributed by atoms with Crippen LogP contribution >= 0.6 is 0 Å². The summed E-state index contributed by atoms with van der Waals surface area (Å²) in [6.45, 7) is 3.03. The molecule has 0 aliphatic carbocycles. The van der Waals surface area contributed by atoms with Gasteiger partial charge in [0.05, 0.1) is 11.4 Å². The first kappa shape index (κ1) is 13.9. The van der Waals surface area contributed by atoms with Crippen LogP contribution in [0.15, 0.2) is 24.3 Å². The fourth-order valence-corrected chi connectivity index (χ4v) is 3.01. The van der Waals surface area contributed by atoms with E-state index in [0.717, 1.165) is 6.07 Å². The molecule has 0 aromatic heterocycles. The topological polar surface area (TPSA) is 66.4 Å². The van der Waals surface area contributed by atoms with E-state index in [9.17, 15) is 12.8 Å². The molecule has 0 atom stereocenters. The Morgan fingerprint density at radius 3 is 2.59 bits per heavy atom. The van der Waals surface area contributed by atoms with Crippen molar-refractivity contribution < 1.29 is 17.9 Å². The zero-order valence-corrected chi connectivity index (χ0v) is 10.6. The van der Waals surface area contributed by atoms with Crippen LogP contribution in [0.2, 0.25) is 0 Å². The van der Waals surface area contributed by atoms with Crippen LogP contribution in [0.5, 0.6) is 0 Å². The Morgan fingerprint density at radius 1 is 1.41 bits per heavy atom. The fourth-order valence-electron chi connectivity index (χ4n) is 1.33. The van der Waals surface area contributed by atoms with Gasteiger partial charge in [0.25, 0.3) is 0 Å². The largest absolute Gasteiger partial charge is 0.396 e. The molecule has 96 valence electrons. The van der Waals surface area contributed by atoms with E-state index in [1.54, 1.807) is 13.8 Å². The Balaban J connectivity index is 2.81. The average molecular weight is 261 g/mol. The first-order valence-corrected chi connectivity index (χ1v) is 6.76. The minimum atomic E-state index is -3.60. The van der Waals surface area contributed by atoms with Crippen LogP contribution in [0.25, 0.3) is 0 Å². The van der Waals surface area contributed by atoms with Gasteiger partial charge in [-0.25, -0.2) is 12.8 Å². The molecule has 6 heteroatoms. The molecule has 0 aliphatic heterocycles. The number of aliphatic hydroxyl groups is 1. The van der Waals surface area contributed by atoms with Crippen molar-refractivity contribution in [1.82, 2.24) is 0 Å². The van der Waals surface area contributed by atoms with E-state index in [-0.39, 0.29) is 18.0 Å². The Bertz CT molecular complexity index is 485. The van der Waals surface area contributed by atoms with Gasteiger partial charge in [-0.2, -0.15) is 0 Å². The maximum atomic E-state index is 12.9. The number of hydrogen-bond donors (Lipinski definition) is 2. The molecule has 0 radical (unpaired) electrons. The van der Waals surface area contributed by atoms with E-state index in [4.69, 9.17) is 5.11 Å². The highest BCUT2D eigenvalue weighted by Gasteiger charge is 2.25. The van der Waals surface area contributed by atoms with Gasteiger partial charge in [-0.05, 0) is 18.2 Å². The maximum Gasteiger partial charge on any atom is 0.233 e. The second-order valence-corrected chi connectivity index (χ2v) is 6.42. The quantitative estimate of drug-likeness (QED) is 0.845. The third-order valence-electron chi connectivity index (χ3n) is 2.11. The summed E-state index contributed by atoms with van der Waals surface area (Å²) in [5, 5.41) is 9.02. The number of benzene rings is 1. The molecule has 0 heterocycles. The smallest absolute Gasteiger partial charge is 0.233 e. The van der Waals surface area contributed by atoms with Gasteiger partial charge in [0, 0.05) is 12.0 Å². The van der Waals surface area contributed by atoms with E-state index in [2.05, 4.69) is 4.72 Å². The number of sulfonamides is 1. The molecule has 0 fully saturated rings. The average Bonchev–Trinajstić information content (AvgIpc) is 2.15. The standard InChI is InChI=1S/C11H16FNO3S/c1-11(2,7-14)8-17(15,16)13-10-5-3-4-9(12)6-10/h3-6,13-14H,7-8H2,1-2H3. The lowest BCUT2D eigenvalue weighted by Crippen LogP contribution is -2.31. The predicted molar refractivity (Wildman–Crippen MR) is 64.7 cm³/mol. The highest BCUT2D eigenvalue weighted by Crippen LogP contribution is 2.19. The minimum absolute atomic E-state index is 0.179. The Hall–Kier alpha value is -1.14. The highest BCUT2D eigenvalue weighted by molar-refractivity contribution is 7.92. The SMILES string of the molecule is CC(C)(CO)CS(=O)(=O)Nc1cccc(F)c1. The Morgan fingerprint density at radius 2 is 2.06 bits per heavy atom. The molecule has 2 N–H and O–H groups in total. The van der Waals surface area contributed by atoms with Crippen molar-refractivity contribution in [2.75, 3.05) is 17.1 Å². The van der Waals surface area contributed by atoms with Gasteiger partial charge in [-0.3, -0.25) is 4.72 Å². The summed E-state index contributed by atoms with van der Waals surface area (Å²) >= 11 is 0. The van der Waals surface area contributed by atoms with Gasteiger partial charge >= 0.3 is 0 Å². The summed E-state index contributed by atoms with van der Waals surface area (Å²) < 4.78 is 38.6. The van der Waals surface area contributed by atoms with E-state index < -0.39 is 21.3 Å². The summed E-state index contributed by atoms with van der Waals surface area (Å²) in [5.74, 6) is -0.737. The molecular weight excluding hydrogens is 245 g/mol. The molecular formula is C11H16FNO3S. The number of halogens is 1. The summed E-state index contributed by atoms with van der Waals surface area (Å²) in [6.07, 6.45) is 0. The number of rotatable bonds is 5.